The van der Waals surface area contributed by atoms with Crippen molar-refractivity contribution in [2.75, 3.05) is 7.11 Å². The summed E-state index contributed by atoms with van der Waals surface area (Å²) in [5.41, 5.74) is -5.83. The van der Waals surface area contributed by atoms with Gasteiger partial charge in [-0.05, 0) is 33.3 Å². The van der Waals surface area contributed by atoms with Crippen molar-refractivity contribution in [1.82, 2.24) is 0 Å². The molecule has 1 N–H and O–H groups in total. The Hall–Kier alpha value is -2.98. The van der Waals surface area contributed by atoms with Gasteiger partial charge in [0.2, 0.25) is 0 Å². The molecule has 0 amide bonds. The van der Waals surface area contributed by atoms with Gasteiger partial charge in [0.15, 0.2) is 6.10 Å². The number of furan rings is 1. The maximum atomic E-state index is 14.3. The predicted molar refractivity (Wildman–Crippen MR) is 122 cm³/mol. The number of epoxide rings is 1. The number of esters is 3. The zero-order chi connectivity index (χ0) is 26.8. The van der Waals surface area contributed by atoms with Gasteiger partial charge in [-0.2, -0.15) is 0 Å². The van der Waals surface area contributed by atoms with Crippen LogP contribution in [0, 0.1) is 28.1 Å². The van der Waals surface area contributed by atoms with Crippen LogP contribution in [-0.4, -0.2) is 59.3 Å². The number of methoxy groups -OCH3 is 1. The number of ketones is 1. The Bertz CT molecular complexity index is 1250. The van der Waals surface area contributed by atoms with Crippen LogP contribution in [0.1, 0.15) is 52.2 Å². The SMILES string of the molecule is COC(=O)C=C[C@]12C(=O)OC(C)(C)C1CC(=O)[C@]1(C)C2[C@H](O)C[C@@]2(C)[C@H](c3ccoc3)OC(=O)[C@H]3O[C@]321. The van der Waals surface area contributed by atoms with Crippen LogP contribution in [-0.2, 0) is 38.1 Å². The van der Waals surface area contributed by atoms with Crippen LogP contribution in [0.5, 0.6) is 0 Å². The van der Waals surface area contributed by atoms with Gasteiger partial charge in [-0.15, -0.1) is 0 Å². The first-order valence-electron chi connectivity index (χ1n) is 12.4. The van der Waals surface area contributed by atoms with Gasteiger partial charge in [0.25, 0.3) is 0 Å². The average molecular weight is 515 g/mol. The summed E-state index contributed by atoms with van der Waals surface area (Å²) in [5, 5.41) is 11.9. The third-order valence-corrected chi connectivity index (χ3v) is 10.1. The fourth-order valence-electron chi connectivity index (χ4n) is 8.59. The molecule has 2 aliphatic carbocycles. The summed E-state index contributed by atoms with van der Waals surface area (Å²) < 4.78 is 27.9. The first-order valence-corrected chi connectivity index (χ1v) is 12.4. The van der Waals surface area contributed by atoms with Crippen LogP contribution in [0.3, 0.4) is 0 Å². The zero-order valence-electron chi connectivity index (χ0n) is 21.3. The van der Waals surface area contributed by atoms with E-state index in [0.29, 0.717) is 5.56 Å². The van der Waals surface area contributed by atoms with Crippen molar-refractivity contribution in [3.63, 3.8) is 0 Å². The van der Waals surface area contributed by atoms with E-state index in [-0.39, 0.29) is 18.6 Å². The lowest BCUT2D eigenvalue weighted by atomic mass is 9.37. The molecule has 3 saturated heterocycles. The monoisotopic (exact) mass is 514 g/mol. The number of fused-ring (bicyclic) bond motifs is 3. The van der Waals surface area contributed by atoms with Gasteiger partial charge >= 0.3 is 17.9 Å². The van der Waals surface area contributed by atoms with Crippen molar-refractivity contribution in [2.45, 2.75) is 70.1 Å². The van der Waals surface area contributed by atoms with Crippen LogP contribution >= 0.6 is 0 Å². The molecule has 10 heteroatoms. The lowest BCUT2D eigenvalue weighted by Crippen LogP contribution is -2.74. The molecule has 2 saturated carbocycles. The van der Waals surface area contributed by atoms with Crippen LogP contribution in [0.2, 0.25) is 0 Å². The number of cyclic esters (lactones) is 2. The quantitative estimate of drug-likeness (QED) is 0.276. The van der Waals surface area contributed by atoms with Gasteiger partial charge in [0.05, 0.1) is 36.6 Å². The Morgan fingerprint density at radius 2 is 1.89 bits per heavy atom. The number of aliphatic hydroxyl groups is 1. The van der Waals surface area contributed by atoms with Gasteiger partial charge in [0, 0.05) is 35.3 Å². The predicted octanol–water partition coefficient (Wildman–Crippen LogP) is 2.05. The molecule has 0 bridgehead atoms. The lowest BCUT2D eigenvalue weighted by Gasteiger charge is -2.64. The van der Waals surface area contributed by atoms with E-state index in [4.69, 9.17) is 23.4 Å². The molecule has 198 valence electrons. The molecule has 6 rings (SSSR count). The Morgan fingerprint density at radius 3 is 2.54 bits per heavy atom. The number of ether oxygens (including phenoxy) is 4. The summed E-state index contributed by atoms with van der Waals surface area (Å²) in [6.07, 6.45) is 2.43. The van der Waals surface area contributed by atoms with Gasteiger partial charge < -0.3 is 28.5 Å². The zero-order valence-corrected chi connectivity index (χ0v) is 21.3. The molecule has 0 radical (unpaired) electrons. The van der Waals surface area contributed by atoms with E-state index in [1.165, 1.54) is 25.7 Å². The van der Waals surface area contributed by atoms with Crippen molar-refractivity contribution in [3.05, 3.63) is 36.3 Å². The van der Waals surface area contributed by atoms with Crippen LogP contribution in [0.4, 0.5) is 0 Å². The molecule has 1 aromatic heterocycles. The third-order valence-electron chi connectivity index (χ3n) is 10.1. The van der Waals surface area contributed by atoms with Crippen molar-refractivity contribution >= 4 is 23.7 Å². The molecule has 9 atom stereocenters. The fourth-order valence-corrected chi connectivity index (χ4v) is 8.59. The molecule has 5 aliphatic rings. The van der Waals surface area contributed by atoms with E-state index in [1.54, 1.807) is 26.8 Å². The Labute approximate surface area is 213 Å². The van der Waals surface area contributed by atoms with Gasteiger partial charge in [0.1, 0.15) is 23.1 Å². The highest BCUT2D eigenvalue weighted by Crippen LogP contribution is 2.79. The minimum Gasteiger partial charge on any atom is -0.472 e. The van der Waals surface area contributed by atoms with E-state index >= 15 is 0 Å². The average Bonchev–Trinajstić information content (AvgIpc) is 3.34. The number of carbonyl (C=O) groups is 4. The Kier molecular flexibility index (Phi) is 4.68. The highest BCUT2D eigenvalue weighted by Gasteiger charge is 2.91. The number of aliphatic hydroxyl groups excluding tert-OH is 1. The van der Waals surface area contributed by atoms with E-state index in [1.807, 2.05) is 6.92 Å². The summed E-state index contributed by atoms with van der Waals surface area (Å²) in [4.78, 5) is 53.4. The normalized spacial score (nSPS) is 47.3. The molecular weight excluding hydrogens is 484 g/mol. The minimum absolute atomic E-state index is 0.0639. The minimum atomic E-state index is -1.53. The molecule has 1 aromatic rings. The van der Waals surface area contributed by atoms with Gasteiger partial charge in [-0.25, -0.2) is 9.59 Å². The van der Waals surface area contributed by atoms with Gasteiger partial charge in [-0.1, -0.05) is 13.0 Å². The van der Waals surface area contributed by atoms with E-state index in [9.17, 15) is 24.3 Å². The van der Waals surface area contributed by atoms with E-state index in [2.05, 4.69) is 0 Å². The topological polar surface area (TPSA) is 142 Å². The maximum Gasteiger partial charge on any atom is 0.339 e. The Morgan fingerprint density at radius 1 is 1.16 bits per heavy atom. The number of hydrogen-bond acceptors (Lipinski definition) is 10. The third kappa shape index (κ3) is 2.58. The fraction of sp³-hybridized carbons (Fsp3) is 0.630. The molecule has 0 aromatic carbocycles. The van der Waals surface area contributed by atoms with E-state index < -0.39 is 75.5 Å². The number of rotatable bonds is 3. The van der Waals surface area contributed by atoms with E-state index in [0.717, 1.165) is 6.08 Å². The van der Waals surface area contributed by atoms with Crippen molar-refractivity contribution < 1.29 is 47.6 Å². The number of Topliss-reactive ketones (excluding diaryl/α,β-unsaturated/α-hetero) is 1. The first kappa shape index (κ1) is 24.4. The molecular formula is C27H30O10. The molecule has 3 aliphatic heterocycles. The van der Waals surface area contributed by atoms with Crippen molar-refractivity contribution in [1.29, 1.82) is 0 Å². The molecule has 10 nitrogen and oxygen atoms in total. The molecule has 2 unspecified atom stereocenters. The summed E-state index contributed by atoms with van der Waals surface area (Å²) in [6.45, 7) is 6.96. The highest BCUT2D eigenvalue weighted by atomic mass is 16.7. The second-order valence-corrected chi connectivity index (χ2v) is 11.9. The molecule has 5 fully saturated rings. The summed E-state index contributed by atoms with van der Waals surface area (Å²) in [5.74, 6) is -3.85. The van der Waals surface area contributed by atoms with Gasteiger partial charge in [-0.3, -0.25) is 9.59 Å². The largest absolute Gasteiger partial charge is 0.472 e. The number of carbonyl (C=O) groups excluding carboxylic acids is 4. The van der Waals surface area contributed by atoms with Crippen LogP contribution < -0.4 is 0 Å². The van der Waals surface area contributed by atoms with Crippen molar-refractivity contribution in [2.24, 2.45) is 28.1 Å². The maximum absolute atomic E-state index is 14.3. The number of hydrogen-bond donors (Lipinski definition) is 1. The summed E-state index contributed by atoms with van der Waals surface area (Å²) >= 11 is 0. The van der Waals surface area contributed by atoms with Crippen LogP contribution in [0.25, 0.3) is 0 Å². The van der Waals surface area contributed by atoms with Crippen molar-refractivity contribution in [3.8, 4) is 0 Å². The standard InChI is InChI=1S/C27H30O10/c1-23(2)15-10-16(29)25(4)18(26(15,22(32)37-23)8-6-17(30)33-5)14(28)11-24(3)19(13-7-9-34-12-13)35-21(31)20-27(24,25)36-20/h6-9,12,14-15,18-20,28H,10-11H2,1-5H3/t14-,15?,18?,19+,20-,24+,25-,26+,27-/m1/s1. The molecule has 4 heterocycles. The molecule has 1 spiro atoms. The lowest BCUT2D eigenvalue weighted by molar-refractivity contribution is -0.229. The Balaban J connectivity index is 1.58. The first-order chi connectivity index (χ1) is 17.3. The highest BCUT2D eigenvalue weighted by molar-refractivity contribution is 5.97. The second-order valence-electron chi connectivity index (χ2n) is 11.9. The van der Waals surface area contributed by atoms with Crippen LogP contribution in [0.15, 0.2) is 35.2 Å². The second kappa shape index (κ2) is 7.11. The summed E-state index contributed by atoms with van der Waals surface area (Å²) in [6, 6.07) is 1.68. The smallest absolute Gasteiger partial charge is 0.339 e. The molecule has 37 heavy (non-hydrogen) atoms. The summed E-state index contributed by atoms with van der Waals surface area (Å²) in [7, 11) is 1.22.